The Hall–Kier alpha value is -1.26. The van der Waals surface area contributed by atoms with Crippen LogP contribution in [0.25, 0.3) is 0 Å². The summed E-state index contributed by atoms with van der Waals surface area (Å²) in [7, 11) is 0. The minimum atomic E-state index is -0.840. The molecular formula is C14H26N2O3. The number of carboxylic acids is 1. The highest BCUT2D eigenvalue weighted by Crippen LogP contribution is 2.31. The van der Waals surface area contributed by atoms with Gasteiger partial charge < -0.3 is 15.7 Å². The summed E-state index contributed by atoms with van der Waals surface area (Å²) in [6.45, 7) is 2.77. The van der Waals surface area contributed by atoms with Crippen LogP contribution in [0.1, 0.15) is 64.7 Å². The van der Waals surface area contributed by atoms with Crippen molar-refractivity contribution in [3.8, 4) is 0 Å². The van der Waals surface area contributed by atoms with Crippen LogP contribution in [0.3, 0.4) is 0 Å². The van der Waals surface area contributed by atoms with Crippen molar-refractivity contribution < 1.29 is 14.7 Å². The van der Waals surface area contributed by atoms with Gasteiger partial charge in [-0.25, -0.2) is 4.79 Å². The van der Waals surface area contributed by atoms with Crippen LogP contribution >= 0.6 is 0 Å². The highest BCUT2D eigenvalue weighted by molar-refractivity contribution is 5.76. The van der Waals surface area contributed by atoms with Gasteiger partial charge >= 0.3 is 12.0 Å². The predicted octanol–water partition coefficient (Wildman–Crippen LogP) is 2.65. The molecule has 0 atom stereocenters. The van der Waals surface area contributed by atoms with Gasteiger partial charge in [0.2, 0.25) is 0 Å². The molecule has 0 bridgehead atoms. The van der Waals surface area contributed by atoms with E-state index in [0.717, 1.165) is 51.4 Å². The number of carboxylic acid groups (broad SMARTS) is 1. The number of hydrogen-bond acceptors (Lipinski definition) is 2. The maximum absolute atomic E-state index is 11.8. The average molecular weight is 270 g/mol. The topological polar surface area (TPSA) is 78.4 Å². The molecule has 0 heterocycles. The van der Waals surface area contributed by atoms with E-state index in [2.05, 4.69) is 17.6 Å². The molecule has 5 heteroatoms. The maximum Gasteiger partial charge on any atom is 0.315 e. The summed E-state index contributed by atoms with van der Waals surface area (Å²) in [5.41, 5.74) is -0.543. The smallest absolute Gasteiger partial charge is 0.315 e. The number of urea groups is 1. The molecule has 3 N–H and O–H groups in total. The van der Waals surface area contributed by atoms with E-state index < -0.39 is 11.5 Å². The van der Waals surface area contributed by atoms with Crippen molar-refractivity contribution in [1.29, 1.82) is 0 Å². The normalized spacial score (nSPS) is 17.7. The summed E-state index contributed by atoms with van der Waals surface area (Å²) in [4.78, 5) is 22.8. The molecule has 1 fully saturated rings. The van der Waals surface area contributed by atoms with Gasteiger partial charge in [-0.1, -0.05) is 39.0 Å². The third kappa shape index (κ3) is 5.94. The third-order valence-electron chi connectivity index (χ3n) is 3.74. The molecule has 1 aliphatic carbocycles. The van der Waals surface area contributed by atoms with E-state index in [9.17, 15) is 9.59 Å². The van der Waals surface area contributed by atoms with Gasteiger partial charge in [0.25, 0.3) is 0 Å². The Kier molecular flexibility index (Phi) is 6.67. The van der Waals surface area contributed by atoms with Crippen LogP contribution in [0.4, 0.5) is 4.79 Å². The summed E-state index contributed by atoms with van der Waals surface area (Å²) < 4.78 is 0. The highest BCUT2D eigenvalue weighted by atomic mass is 16.4. The first-order valence-electron chi connectivity index (χ1n) is 7.36. The lowest BCUT2D eigenvalue weighted by molar-refractivity contribution is -0.139. The fourth-order valence-corrected chi connectivity index (χ4v) is 2.73. The Bertz CT molecular complexity index is 299. The number of rotatable bonds is 7. The lowest BCUT2D eigenvalue weighted by Crippen LogP contribution is -2.54. The van der Waals surface area contributed by atoms with E-state index in [1.54, 1.807) is 0 Å². The first kappa shape index (κ1) is 15.8. The average Bonchev–Trinajstić information content (AvgIpc) is 2.34. The van der Waals surface area contributed by atoms with Crippen LogP contribution in [0.15, 0.2) is 0 Å². The van der Waals surface area contributed by atoms with Crippen LogP contribution in [-0.4, -0.2) is 29.2 Å². The van der Waals surface area contributed by atoms with Gasteiger partial charge in [0, 0.05) is 6.54 Å². The second-order valence-electron chi connectivity index (χ2n) is 5.50. The number of hydrogen-bond donors (Lipinski definition) is 3. The van der Waals surface area contributed by atoms with Gasteiger partial charge in [-0.15, -0.1) is 0 Å². The van der Waals surface area contributed by atoms with E-state index in [4.69, 9.17) is 5.11 Å². The molecule has 1 rings (SSSR count). The Morgan fingerprint density at radius 1 is 1.16 bits per heavy atom. The van der Waals surface area contributed by atoms with Gasteiger partial charge in [0.15, 0.2) is 0 Å². The van der Waals surface area contributed by atoms with Crippen LogP contribution in [0, 0.1) is 0 Å². The van der Waals surface area contributed by atoms with E-state index in [1.807, 2.05) is 0 Å². The van der Waals surface area contributed by atoms with Gasteiger partial charge in [0.05, 0.1) is 12.0 Å². The fourth-order valence-electron chi connectivity index (χ4n) is 2.73. The molecule has 19 heavy (non-hydrogen) atoms. The standard InChI is InChI=1S/C14H26N2O3/c1-2-3-7-10-15-13(19)16-14(11-12(17)18)8-5-4-6-9-14/h2-11H2,1H3,(H,17,18)(H2,15,16,19). The molecule has 0 aromatic heterocycles. The minimum absolute atomic E-state index is 0.0232. The summed E-state index contributed by atoms with van der Waals surface area (Å²) in [5.74, 6) is -0.840. The van der Waals surface area contributed by atoms with Gasteiger partial charge in [-0.05, 0) is 19.3 Å². The molecule has 1 saturated carbocycles. The van der Waals surface area contributed by atoms with E-state index in [0.29, 0.717) is 6.54 Å². The molecular weight excluding hydrogens is 244 g/mol. The number of unbranched alkanes of at least 4 members (excludes halogenated alkanes) is 2. The monoisotopic (exact) mass is 270 g/mol. The quantitative estimate of drug-likeness (QED) is 0.622. The number of aliphatic carboxylic acids is 1. The summed E-state index contributed by atoms with van der Waals surface area (Å²) >= 11 is 0. The second-order valence-corrected chi connectivity index (χ2v) is 5.50. The Morgan fingerprint density at radius 3 is 2.42 bits per heavy atom. The highest BCUT2D eigenvalue weighted by Gasteiger charge is 2.35. The number of nitrogens with one attached hydrogen (secondary N) is 2. The third-order valence-corrected chi connectivity index (χ3v) is 3.74. The minimum Gasteiger partial charge on any atom is -0.481 e. The first-order chi connectivity index (χ1) is 9.08. The molecule has 0 radical (unpaired) electrons. The van der Waals surface area contributed by atoms with Gasteiger partial charge in [-0.2, -0.15) is 0 Å². The molecule has 5 nitrogen and oxygen atoms in total. The Morgan fingerprint density at radius 2 is 1.84 bits per heavy atom. The fraction of sp³-hybridized carbons (Fsp3) is 0.857. The molecule has 2 amide bonds. The molecule has 110 valence electrons. The number of carbonyl (C=O) groups is 2. The first-order valence-corrected chi connectivity index (χ1v) is 7.36. The Balaban J connectivity index is 2.43. The zero-order chi connectivity index (χ0) is 14.1. The maximum atomic E-state index is 11.8. The van der Waals surface area contributed by atoms with Crippen molar-refractivity contribution >= 4 is 12.0 Å². The van der Waals surface area contributed by atoms with Crippen molar-refractivity contribution in [3.63, 3.8) is 0 Å². The summed E-state index contributed by atoms with van der Waals surface area (Å²) in [5, 5.41) is 14.7. The van der Waals surface area contributed by atoms with E-state index >= 15 is 0 Å². The second kappa shape index (κ2) is 8.02. The molecule has 0 aromatic rings. The van der Waals surface area contributed by atoms with Crippen molar-refractivity contribution in [2.75, 3.05) is 6.54 Å². The summed E-state index contributed by atoms with van der Waals surface area (Å²) in [6, 6.07) is -0.223. The van der Waals surface area contributed by atoms with Crippen LogP contribution < -0.4 is 10.6 Å². The molecule has 0 aliphatic heterocycles. The van der Waals surface area contributed by atoms with Gasteiger partial charge in [0.1, 0.15) is 0 Å². The number of carbonyl (C=O) groups excluding carboxylic acids is 1. The van der Waals surface area contributed by atoms with E-state index in [1.165, 1.54) is 0 Å². The lowest BCUT2D eigenvalue weighted by atomic mass is 9.79. The Labute approximate surface area is 115 Å². The van der Waals surface area contributed by atoms with Crippen LogP contribution in [0.5, 0.6) is 0 Å². The van der Waals surface area contributed by atoms with Crippen LogP contribution in [-0.2, 0) is 4.79 Å². The van der Waals surface area contributed by atoms with E-state index in [-0.39, 0.29) is 12.5 Å². The lowest BCUT2D eigenvalue weighted by Gasteiger charge is -2.36. The largest absolute Gasteiger partial charge is 0.481 e. The SMILES string of the molecule is CCCCCNC(=O)NC1(CC(=O)O)CCCCC1. The zero-order valence-electron chi connectivity index (χ0n) is 11.8. The predicted molar refractivity (Wildman–Crippen MR) is 74.1 cm³/mol. The zero-order valence-corrected chi connectivity index (χ0v) is 11.8. The van der Waals surface area contributed by atoms with Crippen LogP contribution in [0.2, 0.25) is 0 Å². The molecule has 1 aliphatic rings. The van der Waals surface area contributed by atoms with Crippen molar-refractivity contribution in [3.05, 3.63) is 0 Å². The molecule has 0 unspecified atom stereocenters. The molecule has 0 spiro atoms. The summed E-state index contributed by atoms with van der Waals surface area (Å²) in [6.07, 6.45) is 7.84. The number of amides is 2. The molecule has 0 saturated heterocycles. The molecule has 0 aromatic carbocycles. The van der Waals surface area contributed by atoms with Crippen molar-refractivity contribution in [2.24, 2.45) is 0 Å². The van der Waals surface area contributed by atoms with Gasteiger partial charge in [-0.3, -0.25) is 4.79 Å². The van der Waals surface area contributed by atoms with Crippen molar-refractivity contribution in [1.82, 2.24) is 10.6 Å². The van der Waals surface area contributed by atoms with Crippen molar-refractivity contribution in [2.45, 2.75) is 70.3 Å².